The van der Waals surface area contributed by atoms with Gasteiger partial charge in [-0.1, -0.05) is 12.2 Å². The lowest BCUT2D eigenvalue weighted by Crippen LogP contribution is -2.40. The summed E-state index contributed by atoms with van der Waals surface area (Å²) in [6, 6.07) is 0. The molecule has 3 nitrogen and oxygen atoms in total. The van der Waals surface area contributed by atoms with E-state index in [4.69, 9.17) is 12.2 Å². The second-order valence-corrected chi connectivity index (χ2v) is 4.16. The minimum absolute atomic E-state index is 0.0523. The molecule has 1 atom stereocenters. The first-order valence-corrected chi connectivity index (χ1v) is 5.29. The summed E-state index contributed by atoms with van der Waals surface area (Å²) in [7, 11) is 1.12. The van der Waals surface area contributed by atoms with Crippen molar-refractivity contribution in [3.05, 3.63) is 11.8 Å². The van der Waals surface area contributed by atoms with E-state index in [0.29, 0.717) is 0 Å². The number of esters is 1. The molecule has 96 valence electrons. The van der Waals surface area contributed by atoms with Crippen LogP contribution in [0.1, 0.15) is 13.8 Å². The summed E-state index contributed by atoms with van der Waals surface area (Å²) in [5.41, 5.74) is -2.43. The zero-order chi connectivity index (χ0) is 13.4. The number of rotatable bonds is 2. The molecule has 0 bridgehead atoms. The highest BCUT2D eigenvalue weighted by molar-refractivity contribution is 7.80. The minimum Gasteiger partial charge on any atom is -0.468 e. The van der Waals surface area contributed by atoms with Crippen molar-refractivity contribution < 1.29 is 22.7 Å². The Morgan fingerprint density at radius 2 is 2.12 bits per heavy atom. The third-order valence-electron chi connectivity index (χ3n) is 2.62. The van der Waals surface area contributed by atoms with Crippen molar-refractivity contribution >= 4 is 23.2 Å². The van der Waals surface area contributed by atoms with Crippen LogP contribution in [-0.4, -0.2) is 35.7 Å². The standard InChI is InChI=1S/C10H12F3NO2S/c1-4-14-6(10(11,12)13)5-9(2,7(14)17)8(15)16-3/h5H,4H2,1-3H3. The number of methoxy groups -OCH3 is 1. The van der Waals surface area contributed by atoms with Gasteiger partial charge in [0.15, 0.2) is 0 Å². The quantitative estimate of drug-likeness (QED) is 0.567. The van der Waals surface area contributed by atoms with E-state index in [1.54, 1.807) is 0 Å². The lowest BCUT2D eigenvalue weighted by molar-refractivity contribution is -0.145. The van der Waals surface area contributed by atoms with E-state index in [2.05, 4.69) is 4.74 Å². The third kappa shape index (κ3) is 2.15. The highest BCUT2D eigenvalue weighted by Gasteiger charge is 2.52. The molecule has 0 aromatic carbocycles. The number of thiocarbonyl (C=S) groups is 1. The molecule has 0 aromatic rings. The van der Waals surface area contributed by atoms with E-state index in [1.165, 1.54) is 13.8 Å². The fraction of sp³-hybridized carbons (Fsp3) is 0.600. The van der Waals surface area contributed by atoms with Crippen LogP contribution in [0, 0.1) is 5.41 Å². The van der Waals surface area contributed by atoms with Gasteiger partial charge in [0.25, 0.3) is 0 Å². The molecule has 0 aliphatic carbocycles. The predicted molar refractivity (Wildman–Crippen MR) is 59.2 cm³/mol. The lowest BCUT2D eigenvalue weighted by atomic mass is 9.92. The van der Waals surface area contributed by atoms with Crippen LogP contribution in [-0.2, 0) is 9.53 Å². The van der Waals surface area contributed by atoms with E-state index >= 15 is 0 Å². The van der Waals surface area contributed by atoms with Crippen LogP contribution < -0.4 is 0 Å². The molecule has 0 saturated carbocycles. The van der Waals surface area contributed by atoms with Gasteiger partial charge in [0.05, 0.1) is 7.11 Å². The van der Waals surface area contributed by atoms with Crippen LogP contribution in [0.5, 0.6) is 0 Å². The monoisotopic (exact) mass is 267 g/mol. The van der Waals surface area contributed by atoms with Crippen LogP contribution in [0.3, 0.4) is 0 Å². The molecule has 0 aromatic heterocycles. The van der Waals surface area contributed by atoms with Gasteiger partial charge in [-0.3, -0.25) is 4.79 Å². The van der Waals surface area contributed by atoms with Gasteiger partial charge in [-0.15, -0.1) is 0 Å². The topological polar surface area (TPSA) is 29.5 Å². The summed E-state index contributed by atoms with van der Waals surface area (Å²) in [6.45, 7) is 2.91. The second kappa shape index (κ2) is 4.29. The number of carbonyl (C=O) groups is 1. The van der Waals surface area contributed by atoms with Gasteiger partial charge >= 0.3 is 12.1 Å². The average Bonchev–Trinajstić information content (AvgIpc) is 2.51. The number of allylic oxidation sites excluding steroid dienone is 1. The number of alkyl halides is 3. The second-order valence-electron chi connectivity index (χ2n) is 3.77. The smallest absolute Gasteiger partial charge is 0.431 e. The highest BCUT2D eigenvalue weighted by Crippen LogP contribution is 2.41. The van der Waals surface area contributed by atoms with Crippen molar-refractivity contribution in [1.29, 1.82) is 0 Å². The van der Waals surface area contributed by atoms with Crippen molar-refractivity contribution in [3.8, 4) is 0 Å². The summed E-state index contributed by atoms with van der Waals surface area (Å²) in [5.74, 6) is -0.791. The maximum absolute atomic E-state index is 12.8. The van der Waals surface area contributed by atoms with Crippen molar-refractivity contribution in [2.45, 2.75) is 20.0 Å². The molecule has 17 heavy (non-hydrogen) atoms. The van der Waals surface area contributed by atoms with Gasteiger partial charge in [-0.2, -0.15) is 13.2 Å². The van der Waals surface area contributed by atoms with E-state index in [9.17, 15) is 18.0 Å². The van der Waals surface area contributed by atoms with Gasteiger partial charge in [0.1, 0.15) is 16.1 Å². The highest BCUT2D eigenvalue weighted by atomic mass is 32.1. The molecule has 1 heterocycles. The summed E-state index contributed by atoms with van der Waals surface area (Å²) in [4.78, 5) is 12.4. The Morgan fingerprint density at radius 3 is 2.41 bits per heavy atom. The Kier molecular flexibility index (Phi) is 3.52. The largest absolute Gasteiger partial charge is 0.468 e. The van der Waals surface area contributed by atoms with Gasteiger partial charge in [-0.05, 0) is 19.9 Å². The first-order chi connectivity index (χ1) is 7.68. The maximum Gasteiger partial charge on any atom is 0.431 e. The first-order valence-electron chi connectivity index (χ1n) is 4.89. The molecule has 1 aliphatic rings. The number of carbonyl (C=O) groups excluding carboxylic acids is 1. The number of hydrogen-bond donors (Lipinski definition) is 0. The molecule has 7 heteroatoms. The fourth-order valence-corrected chi connectivity index (χ4v) is 2.08. The zero-order valence-electron chi connectivity index (χ0n) is 9.59. The van der Waals surface area contributed by atoms with Crippen molar-refractivity contribution in [3.63, 3.8) is 0 Å². The molecule has 1 rings (SSSR count). The van der Waals surface area contributed by atoms with Crippen LogP contribution in [0.25, 0.3) is 0 Å². The molecular formula is C10H12F3NO2S. The summed E-state index contributed by atoms with van der Waals surface area (Å²) < 4.78 is 42.8. The summed E-state index contributed by atoms with van der Waals surface area (Å²) >= 11 is 4.94. The van der Waals surface area contributed by atoms with Crippen LogP contribution >= 0.6 is 12.2 Å². The van der Waals surface area contributed by atoms with E-state index in [-0.39, 0.29) is 11.5 Å². The summed E-state index contributed by atoms with van der Waals surface area (Å²) in [6.07, 6.45) is -3.71. The van der Waals surface area contributed by atoms with Gasteiger partial charge in [0.2, 0.25) is 0 Å². The van der Waals surface area contributed by atoms with Crippen LogP contribution in [0.2, 0.25) is 0 Å². The Hall–Kier alpha value is -1.11. The number of halogens is 3. The molecule has 0 fully saturated rings. The molecule has 1 aliphatic heterocycles. The van der Waals surface area contributed by atoms with Gasteiger partial charge in [-0.25, -0.2) is 0 Å². The Labute approximate surface area is 102 Å². The fourth-order valence-electron chi connectivity index (χ4n) is 1.71. The van der Waals surface area contributed by atoms with E-state index in [1.807, 2.05) is 0 Å². The van der Waals surface area contributed by atoms with E-state index in [0.717, 1.165) is 18.1 Å². The normalized spacial score (nSPS) is 24.9. The average molecular weight is 267 g/mol. The van der Waals surface area contributed by atoms with Crippen molar-refractivity contribution in [2.75, 3.05) is 13.7 Å². The SMILES string of the molecule is CCN1C(=S)C(C)(C(=O)OC)C=C1C(F)(F)F. The Balaban J connectivity index is 3.27. The van der Waals surface area contributed by atoms with Gasteiger partial charge < -0.3 is 9.64 Å². The molecule has 0 N–H and O–H groups in total. The van der Waals surface area contributed by atoms with Crippen LogP contribution in [0.15, 0.2) is 11.8 Å². The third-order valence-corrected chi connectivity index (χ3v) is 3.27. The summed E-state index contributed by atoms with van der Waals surface area (Å²) in [5, 5.41) is 0. The Morgan fingerprint density at radius 1 is 1.59 bits per heavy atom. The molecular weight excluding hydrogens is 255 g/mol. The molecule has 0 spiro atoms. The van der Waals surface area contributed by atoms with Gasteiger partial charge in [0, 0.05) is 6.54 Å². The van der Waals surface area contributed by atoms with Crippen molar-refractivity contribution in [1.82, 2.24) is 4.90 Å². The molecule has 0 amide bonds. The molecule has 0 saturated heterocycles. The number of ether oxygens (including phenoxy) is 1. The minimum atomic E-state index is -4.54. The van der Waals surface area contributed by atoms with Crippen LogP contribution in [0.4, 0.5) is 13.2 Å². The zero-order valence-corrected chi connectivity index (χ0v) is 10.4. The number of hydrogen-bond acceptors (Lipinski definition) is 3. The Bertz CT molecular complexity index is 392. The van der Waals surface area contributed by atoms with Crippen molar-refractivity contribution in [2.24, 2.45) is 5.41 Å². The molecule has 0 radical (unpaired) electrons. The van der Waals surface area contributed by atoms with E-state index < -0.39 is 23.3 Å². The predicted octanol–water partition coefficient (Wildman–Crippen LogP) is 2.27. The number of nitrogens with zero attached hydrogens (tertiary/aromatic N) is 1. The lowest BCUT2D eigenvalue weighted by Gasteiger charge is -2.26. The molecule has 1 unspecified atom stereocenters. The first kappa shape index (κ1) is 14.0. The maximum atomic E-state index is 12.8.